The zero-order valence-corrected chi connectivity index (χ0v) is 13.0. The maximum absolute atomic E-state index is 10.9. The van der Waals surface area contributed by atoms with Crippen molar-refractivity contribution in [2.45, 2.75) is 0 Å². The van der Waals surface area contributed by atoms with Crippen LogP contribution in [0.1, 0.15) is 10.4 Å². The number of carboxylic acid groups (broad SMARTS) is 1. The normalized spacial score (nSPS) is 14.7. The molecule has 1 saturated heterocycles. The van der Waals surface area contributed by atoms with Crippen LogP contribution in [0.15, 0.2) is 42.6 Å². The average Bonchev–Trinajstić information content (AvgIpc) is 2.62. The number of carbonyl (C=O) groups is 1. The Kier molecular flexibility index (Phi) is 4.32. The van der Waals surface area contributed by atoms with Gasteiger partial charge in [-0.2, -0.15) is 0 Å². The minimum absolute atomic E-state index is 0.214. The molecule has 1 aromatic carbocycles. The number of aromatic carboxylic acids is 1. The van der Waals surface area contributed by atoms with Crippen molar-refractivity contribution in [3.8, 4) is 5.75 Å². The number of rotatable bonds is 4. The Morgan fingerprint density at radius 1 is 1.04 bits per heavy atom. The molecule has 0 atom stereocenters. The Hall–Kier alpha value is -2.76. The van der Waals surface area contributed by atoms with Gasteiger partial charge in [0.1, 0.15) is 11.6 Å². The van der Waals surface area contributed by atoms with Gasteiger partial charge in [0.15, 0.2) is 0 Å². The SMILES string of the molecule is COc1ccc(N2CCN(c3ccc(C(=O)O)cn3)CC2)cc1. The molecule has 0 aliphatic carbocycles. The molecule has 2 heterocycles. The van der Waals surface area contributed by atoms with Crippen LogP contribution in [0.2, 0.25) is 0 Å². The minimum atomic E-state index is -0.951. The van der Waals surface area contributed by atoms with Crippen molar-refractivity contribution in [3.05, 3.63) is 48.2 Å². The van der Waals surface area contributed by atoms with E-state index in [-0.39, 0.29) is 5.56 Å². The van der Waals surface area contributed by atoms with Crippen LogP contribution in [-0.2, 0) is 0 Å². The highest BCUT2D eigenvalue weighted by Crippen LogP contribution is 2.22. The highest BCUT2D eigenvalue weighted by molar-refractivity contribution is 5.87. The standard InChI is InChI=1S/C17H19N3O3/c1-23-15-5-3-14(4-6-15)19-8-10-20(11-9-19)16-7-2-13(12-18-16)17(21)22/h2-7,12H,8-11H2,1H3,(H,21,22). The van der Waals surface area contributed by atoms with Crippen molar-refractivity contribution >= 4 is 17.5 Å². The monoisotopic (exact) mass is 313 g/mol. The fraction of sp³-hybridized carbons (Fsp3) is 0.294. The molecular formula is C17H19N3O3. The van der Waals surface area contributed by atoms with Gasteiger partial charge in [-0.25, -0.2) is 9.78 Å². The fourth-order valence-corrected chi connectivity index (χ4v) is 2.69. The second kappa shape index (κ2) is 6.56. The topological polar surface area (TPSA) is 65.9 Å². The lowest BCUT2D eigenvalue weighted by Gasteiger charge is -2.36. The van der Waals surface area contributed by atoms with Crippen molar-refractivity contribution in [1.29, 1.82) is 0 Å². The van der Waals surface area contributed by atoms with Crippen molar-refractivity contribution in [2.75, 3.05) is 43.1 Å². The highest BCUT2D eigenvalue weighted by atomic mass is 16.5. The van der Waals surface area contributed by atoms with Gasteiger partial charge in [-0.05, 0) is 36.4 Å². The van der Waals surface area contributed by atoms with Crippen LogP contribution in [0.4, 0.5) is 11.5 Å². The van der Waals surface area contributed by atoms with Crippen LogP contribution in [0, 0.1) is 0 Å². The van der Waals surface area contributed by atoms with E-state index in [0.717, 1.165) is 37.7 Å². The molecule has 0 spiro atoms. The molecule has 120 valence electrons. The molecule has 1 aliphatic rings. The number of piperazine rings is 1. The van der Waals surface area contributed by atoms with Crippen LogP contribution in [0.5, 0.6) is 5.75 Å². The van der Waals surface area contributed by atoms with Gasteiger partial charge in [0.25, 0.3) is 0 Å². The maximum atomic E-state index is 10.9. The number of anilines is 2. The van der Waals surface area contributed by atoms with Gasteiger partial charge >= 0.3 is 5.97 Å². The van der Waals surface area contributed by atoms with Crippen LogP contribution >= 0.6 is 0 Å². The van der Waals surface area contributed by atoms with E-state index >= 15 is 0 Å². The predicted molar refractivity (Wildman–Crippen MR) is 88.6 cm³/mol. The van der Waals surface area contributed by atoms with Crippen molar-refractivity contribution in [3.63, 3.8) is 0 Å². The quantitative estimate of drug-likeness (QED) is 0.932. The first-order valence-corrected chi connectivity index (χ1v) is 7.50. The molecule has 23 heavy (non-hydrogen) atoms. The number of hydrogen-bond donors (Lipinski definition) is 1. The molecule has 2 aromatic rings. The number of ether oxygens (including phenoxy) is 1. The summed E-state index contributed by atoms with van der Waals surface area (Å²) in [7, 11) is 1.66. The lowest BCUT2D eigenvalue weighted by molar-refractivity contribution is 0.0696. The molecule has 6 nitrogen and oxygen atoms in total. The summed E-state index contributed by atoms with van der Waals surface area (Å²) in [5.74, 6) is 0.730. The lowest BCUT2D eigenvalue weighted by Crippen LogP contribution is -2.46. The van der Waals surface area contributed by atoms with Crippen molar-refractivity contribution in [1.82, 2.24) is 4.98 Å². The Bertz CT molecular complexity index is 662. The number of pyridine rings is 1. The second-order valence-corrected chi connectivity index (χ2v) is 5.38. The van der Waals surface area contributed by atoms with E-state index in [2.05, 4.69) is 26.9 Å². The van der Waals surface area contributed by atoms with E-state index in [1.165, 1.54) is 11.9 Å². The average molecular weight is 313 g/mol. The molecule has 1 aromatic heterocycles. The van der Waals surface area contributed by atoms with E-state index in [1.54, 1.807) is 19.2 Å². The Morgan fingerprint density at radius 2 is 1.70 bits per heavy atom. The number of methoxy groups -OCH3 is 1. The molecule has 0 radical (unpaired) electrons. The first-order chi connectivity index (χ1) is 11.2. The molecule has 6 heteroatoms. The predicted octanol–water partition coefficient (Wildman–Crippen LogP) is 2.11. The summed E-state index contributed by atoms with van der Waals surface area (Å²) in [6.45, 7) is 3.50. The Labute approximate surface area is 134 Å². The molecular weight excluding hydrogens is 294 g/mol. The van der Waals surface area contributed by atoms with Crippen LogP contribution in [0.25, 0.3) is 0 Å². The van der Waals surface area contributed by atoms with Crippen molar-refractivity contribution < 1.29 is 14.6 Å². The highest BCUT2D eigenvalue weighted by Gasteiger charge is 2.18. The third-order valence-corrected chi connectivity index (χ3v) is 4.04. The first-order valence-electron chi connectivity index (χ1n) is 7.50. The molecule has 0 unspecified atom stereocenters. The zero-order valence-electron chi connectivity index (χ0n) is 13.0. The molecule has 1 aliphatic heterocycles. The second-order valence-electron chi connectivity index (χ2n) is 5.38. The van der Waals surface area contributed by atoms with Gasteiger partial charge in [-0.15, -0.1) is 0 Å². The summed E-state index contributed by atoms with van der Waals surface area (Å²) in [4.78, 5) is 19.6. The third kappa shape index (κ3) is 3.36. The van der Waals surface area contributed by atoms with Gasteiger partial charge < -0.3 is 19.6 Å². The van der Waals surface area contributed by atoms with Gasteiger partial charge in [0, 0.05) is 38.1 Å². The van der Waals surface area contributed by atoms with Gasteiger partial charge in [0.05, 0.1) is 12.7 Å². The van der Waals surface area contributed by atoms with Crippen LogP contribution in [0.3, 0.4) is 0 Å². The molecule has 3 rings (SSSR count). The number of nitrogens with zero attached hydrogens (tertiary/aromatic N) is 3. The number of benzene rings is 1. The van der Waals surface area contributed by atoms with Gasteiger partial charge in [-0.1, -0.05) is 0 Å². The zero-order chi connectivity index (χ0) is 16.2. The molecule has 0 amide bonds. The first kappa shape index (κ1) is 15.1. The third-order valence-electron chi connectivity index (χ3n) is 4.04. The Morgan fingerprint density at radius 3 is 2.22 bits per heavy atom. The minimum Gasteiger partial charge on any atom is -0.497 e. The summed E-state index contributed by atoms with van der Waals surface area (Å²) in [5, 5.41) is 8.91. The smallest absolute Gasteiger partial charge is 0.337 e. The van der Waals surface area contributed by atoms with E-state index < -0.39 is 5.97 Å². The molecule has 1 N–H and O–H groups in total. The summed E-state index contributed by atoms with van der Waals surface area (Å²) >= 11 is 0. The van der Waals surface area contributed by atoms with E-state index in [4.69, 9.17) is 9.84 Å². The maximum Gasteiger partial charge on any atom is 0.337 e. The van der Waals surface area contributed by atoms with Gasteiger partial charge in [-0.3, -0.25) is 0 Å². The Balaban J connectivity index is 1.62. The largest absolute Gasteiger partial charge is 0.497 e. The molecule has 1 fully saturated rings. The summed E-state index contributed by atoms with van der Waals surface area (Å²) < 4.78 is 5.18. The molecule has 0 bridgehead atoms. The summed E-state index contributed by atoms with van der Waals surface area (Å²) in [6, 6.07) is 11.4. The number of hydrogen-bond acceptors (Lipinski definition) is 5. The van der Waals surface area contributed by atoms with Crippen molar-refractivity contribution in [2.24, 2.45) is 0 Å². The van der Waals surface area contributed by atoms with Crippen LogP contribution < -0.4 is 14.5 Å². The van der Waals surface area contributed by atoms with E-state index in [0.29, 0.717) is 0 Å². The number of carboxylic acids is 1. The molecule has 0 saturated carbocycles. The number of aromatic nitrogens is 1. The van der Waals surface area contributed by atoms with E-state index in [9.17, 15) is 4.79 Å². The lowest BCUT2D eigenvalue weighted by atomic mass is 10.2. The fourth-order valence-electron chi connectivity index (χ4n) is 2.69. The summed E-state index contributed by atoms with van der Waals surface area (Å²) in [6.07, 6.45) is 1.41. The van der Waals surface area contributed by atoms with E-state index in [1.807, 2.05) is 12.1 Å². The van der Waals surface area contributed by atoms with Crippen LogP contribution in [-0.4, -0.2) is 49.3 Å². The summed E-state index contributed by atoms with van der Waals surface area (Å²) in [5.41, 5.74) is 1.39. The van der Waals surface area contributed by atoms with Gasteiger partial charge in [0.2, 0.25) is 0 Å².